The van der Waals surface area contributed by atoms with E-state index in [1.807, 2.05) is 6.07 Å². The molecule has 1 saturated heterocycles. The number of rotatable bonds is 1. The van der Waals surface area contributed by atoms with Gasteiger partial charge in [-0.25, -0.2) is 4.39 Å². The van der Waals surface area contributed by atoms with Gasteiger partial charge in [-0.2, -0.15) is 0 Å². The SMILES string of the molecule is C[C@@H]1CN(c2c(F)ccc3ccoc23)CCN1.Cl. The van der Waals surface area contributed by atoms with Gasteiger partial charge in [0.25, 0.3) is 0 Å². The van der Waals surface area contributed by atoms with Crippen LogP contribution >= 0.6 is 12.4 Å². The molecule has 1 fully saturated rings. The topological polar surface area (TPSA) is 28.4 Å². The van der Waals surface area contributed by atoms with E-state index in [-0.39, 0.29) is 18.2 Å². The van der Waals surface area contributed by atoms with Crippen molar-refractivity contribution in [1.29, 1.82) is 0 Å². The lowest BCUT2D eigenvalue weighted by Crippen LogP contribution is -2.49. The monoisotopic (exact) mass is 270 g/mol. The maximum Gasteiger partial charge on any atom is 0.160 e. The quantitative estimate of drug-likeness (QED) is 0.864. The van der Waals surface area contributed by atoms with Crippen LogP contribution < -0.4 is 10.2 Å². The van der Waals surface area contributed by atoms with E-state index in [0.717, 1.165) is 25.0 Å². The Labute approximate surface area is 111 Å². The molecule has 0 spiro atoms. The summed E-state index contributed by atoms with van der Waals surface area (Å²) in [6.07, 6.45) is 1.61. The lowest BCUT2D eigenvalue weighted by atomic mass is 10.1. The Morgan fingerprint density at radius 3 is 3.00 bits per heavy atom. The Morgan fingerprint density at radius 2 is 2.22 bits per heavy atom. The number of nitrogens with one attached hydrogen (secondary N) is 1. The molecule has 0 radical (unpaired) electrons. The maximum absolute atomic E-state index is 14.0. The van der Waals surface area contributed by atoms with Gasteiger partial charge in [0.2, 0.25) is 0 Å². The van der Waals surface area contributed by atoms with Crippen LogP contribution in [-0.4, -0.2) is 25.7 Å². The molecular weight excluding hydrogens is 255 g/mol. The van der Waals surface area contributed by atoms with Crippen LogP contribution in [0.2, 0.25) is 0 Å². The summed E-state index contributed by atoms with van der Waals surface area (Å²) in [7, 11) is 0. The molecular formula is C13H16ClFN2O. The summed E-state index contributed by atoms with van der Waals surface area (Å²) in [6.45, 7) is 4.59. The van der Waals surface area contributed by atoms with E-state index in [9.17, 15) is 4.39 Å². The van der Waals surface area contributed by atoms with Crippen LogP contribution in [0.3, 0.4) is 0 Å². The predicted octanol–water partition coefficient (Wildman–Crippen LogP) is 2.79. The van der Waals surface area contributed by atoms with Gasteiger partial charge in [0.15, 0.2) is 5.58 Å². The van der Waals surface area contributed by atoms with E-state index >= 15 is 0 Å². The van der Waals surface area contributed by atoms with Gasteiger partial charge < -0.3 is 14.6 Å². The fraction of sp³-hybridized carbons (Fsp3) is 0.385. The van der Waals surface area contributed by atoms with Crippen LogP contribution in [0.1, 0.15) is 6.92 Å². The standard InChI is InChI=1S/C13H15FN2O.ClH/c1-9-8-16(6-5-15-9)12-11(14)3-2-10-4-7-17-13(10)12;/h2-4,7,9,15H,5-6,8H2,1H3;1H/t9-;/m1./s1. The summed E-state index contributed by atoms with van der Waals surface area (Å²) in [4.78, 5) is 2.06. The molecule has 3 nitrogen and oxygen atoms in total. The molecule has 1 aliphatic rings. The van der Waals surface area contributed by atoms with Crippen molar-refractivity contribution in [3.63, 3.8) is 0 Å². The van der Waals surface area contributed by atoms with E-state index in [1.165, 1.54) is 6.07 Å². The number of nitrogens with zero attached hydrogens (tertiary/aromatic N) is 1. The Morgan fingerprint density at radius 1 is 1.39 bits per heavy atom. The number of piperazine rings is 1. The van der Waals surface area contributed by atoms with Crippen molar-refractivity contribution in [2.24, 2.45) is 0 Å². The molecule has 2 aromatic rings. The van der Waals surface area contributed by atoms with E-state index in [4.69, 9.17) is 4.42 Å². The zero-order chi connectivity index (χ0) is 11.8. The van der Waals surface area contributed by atoms with Gasteiger partial charge in [-0.3, -0.25) is 0 Å². The van der Waals surface area contributed by atoms with Crippen molar-refractivity contribution in [1.82, 2.24) is 5.32 Å². The highest BCUT2D eigenvalue weighted by molar-refractivity contribution is 5.90. The van der Waals surface area contributed by atoms with Crippen molar-refractivity contribution in [2.45, 2.75) is 13.0 Å². The lowest BCUT2D eigenvalue weighted by Gasteiger charge is -2.33. The average molecular weight is 271 g/mol. The second-order valence-electron chi connectivity index (χ2n) is 4.54. The minimum Gasteiger partial charge on any atom is -0.462 e. The maximum atomic E-state index is 14.0. The van der Waals surface area contributed by atoms with Gasteiger partial charge in [-0.15, -0.1) is 12.4 Å². The molecule has 0 unspecified atom stereocenters. The van der Waals surface area contributed by atoms with Gasteiger partial charge in [-0.1, -0.05) is 0 Å². The number of hydrogen-bond acceptors (Lipinski definition) is 3. The van der Waals surface area contributed by atoms with Crippen molar-refractivity contribution in [2.75, 3.05) is 24.5 Å². The normalized spacial score (nSPS) is 19.9. The zero-order valence-corrected chi connectivity index (χ0v) is 11.0. The first-order valence-corrected chi connectivity index (χ1v) is 5.90. The second kappa shape index (κ2) is 5.16. The van der Waals surface area contributed by atoms with Crippen LogP contribution in [-0.2, 0) is 0 Å². The highest BCUT2D eigenvalue weighted by Crippen LogP contribution is 2.31. The van der Waals surface area contributed by atoms with Gasteiger partial charge >= 0.3 is 0 Å². The molecule has 1 atom stereocenters. The Bertz CT molecular complexity index is 543. The van der Waals surface area contributed by atoms with Crippen LogP contribution in [0, 0.1) is 5.82 Å². The van der Waals surface area contributed by atoms with Crippen molar-refractivity contribution in [3.05, 3.63) is 30.3 Å². The Balaban J connectivity index is 0.00000120. The summed E-state index contributed by atoms with van der Waals surface area (Å²) in [5, 5.41) is 4.30. The van der Waals surface area contributed by atoms with Gasteiger partial charge in [0.05, 0.1) is 6.26 Å². The van der Waals surface area contributed by atoms with E-state index < -0.39 is 0 Å². The van der Waals surface area contributed by atoms with Crippen LogP contribution in [0.15, 0.2) is 28.9 Å². The first-order chi connectivity index (χ1) is 8.25. The molecule has 0 aliphatic carbocycles. The molecule has 3 rings (SSSR count). The zero-order valence-electron chi connectivity index (χ0n) is 10.1. The van der Waals surface area contributed by atoms with Gasteiger partial charge in [-0.05, 0) is 25.1 Å². The Kier molecular flexibility index (Phi) is 3.78. The van der Waals surface area contributed by atoms with Crippen LogP contribution in [0.25, 0.3) is 11.0 Å². The van der Waals surface area contributed by atoms with Crippen molar-refractivity contribution < 1.29 is 8.81 Å². The smallest absolute Gasteiger partial charge is 0.160 e. The van der Waals surface area contributed by atoms with E-state index in [1.54, 1.807) is 12.3 Å². The van der Waals surface area contributed by atoms with E-state index in [2.05, 4.69) is 17.1 Å². The number of anilines is 1. The molecule has 0 amide bonds. The number of halogens is 2. The molecule has 0 saturated carbocycles. The average Bonchev–Trinajstić information content (AvgIpc) is 2.76. The summed E-state index contributed by atoms with van der Waals surface area (Å²) in [5.41, 5.74) is 1.25. The number of hydrogen-bond donors (Lipinski definition) is 1. The third-order valence-corrected chi connectivity index (χ3v) is 3.23. The summed E-state index contributed by atoms with van der Waals surface area (Å²) < 4.78 is 19.4. The molecule has 1 N–H and O–H groups in total. The molecule has 2 heterocycles. The first kappa shape index (κ1) is 13.2. The molecule has 1 aliphatic heterocycles. The predicted molar refractivity (Wildman–Crippen MR) is 73.1 cm³/mol. The van der Waals surface area contributed by atoms with Crippen LogP contribution in [0.4, 0.5) is 10.1 Å². The number of fused-ring (bicyclic) bond motifs is 1. The lowest BCUT2D eigenvalue weighted by molar-refractivity contribution is 0.477. The summed E-state index contributed by atoms with van der Waals surface area (Å²) in [5.74, 6) is -0.207. The van der Waals surface area contributed by atoms with Gasteiger partial charge in [0.1, 0.15) is 11.5 Å². The first-order valence-electron chi connectivity index (χ1n) is 5.90. The van der Waals surface area contributed by atoms with Crippen molar-refractivity contribution >= 4 is 29.1 Å². The molecule has 1 aromatic heterocycles. The molecule has 5 heteroatoms. The minimum absolute atomic E-state index is 0. The van der Waals surface area contributed by atoms with Crippen molar-refractivity contribution in [3.8, 4) is 0 Å². The second-order valence-corrected chi connectivity index (χ2v) is 4.54. The largest absolute Gasteiger partial charge is 0.462 e. The molecule has 18 heavy (non-hydrogen) atoms. The fourth-order valence-electron chi connectivity index (χ4n) is 2.42. The van der Waals surface area contributed by atoms with Crippen LogP contribution in [0.5, 0.6) is 0 Å². The minimum atomic E-state index is -0.207. The molecule has 98 valence electrons. The summed E-state index contributed by atoms with van der Waals surface area (Å²) in [6, 6.07) is 5.50. The third-order valence-electron chi connectivity index (χ3n) is 3.23. The Hall–Kier alpha value is -1.26. The fourth-order valence-corrected chi connectivity index (χ4v) is 2.42. The van der Waals surface area contributed by atoms with E-state index in [0.29, 0.717) is 17.3 Å². The number of furan rings is 1. The molecule has 0 bridgehead atoms. The highest BCUT2D eigenvalue weighted by Gasteiger charge is 2.22. The third kappa shape index (κ3) is 2.18. The number of benzene rings is 1. The van der Waals surface area contributed by atoms with Gasteiger partial charge in [0, 0.05) is 31.1 Å². The molecule has 1 aromatic carbocycles. The highest BCUT2D eigenvalue weighted by atomic mass is 35.5. The summed E-state index contributed by atoms with van der Waals surface area (Å²) >= 11 is 0.